The summed E-state index contributed by atoms with van der Waals surface area (Å²) in [7, 11) is 0. The Morgan fingerprint density at radius 2 is 1.91 bits per heavy atom. The second-order valence-corrected chi connectivity index (χ2v) is 5.27. The normalized spacial score (nSPS) is 9.70. The molecule has 0 fully saturated rings. The van der Waals surface area contributed by atoms with Gasteiger partial charge in [-0.15, -0.1) is 11.8 Å². The Labute approximate surface area is 139 Å². The Balaban J connectivity index is 2.62. The van der Waals surface area contributed by atoms with Crippen LogP contribution in [0.3, 0.4) is 0 Å². The molecule has 1 aromatic carbocycles. The molecule has 2 N–H and O–H groups in total. The quantitative estimate of drug-likeness (QED) is 0.670. The molecule has 0 spiro atoms. The molecule has 0 unspecified atom stereocenters. The van der Waals surface area contributed by atoms with Gasteiger partial charge in [-0.05, 0) is 24.0 Å². The molecule has 0 aliphatic rings. The van der Waals surface area contributed by atoms with Gasteiger partial charge >= 0.3 is 0 Å². The number of anilines is 1. The van der Waals surface area contributed by atoms with Crippen molar-refractivity contribution in [1.82, 2.24) is 4.98 Å². The van der Waals surface area contributed by atoms with Gasteiger partial charge in [-0.3, -0.25) is 0 Å². The van der Waals surface area contributed by atoms with Crippen molar-refractivity contribution >= 4 is 17.6 Å². The van der Waals surface area contributed by atoms with Crippen LogP contribution in [0.4, 0.5) is 5.82 Å². The Hall–Kier alpha value is -2.96. The van der Waals surface area contributed by atoms with Crippen LogP contribution in [0.2, 0.25) is 0 Å². The van der Waals surface area contributed by atoms with Gasteiger partial charge in [0.15, 0.2) is 0 Å². The average molecular weight is 322 g/mol. The minimum Gasteiger partial charge on any atom is -0.490 e. The van der Waals surface area contributed by atoms with Crippen LogP contribution in [0.25, 0.3) is 11.1 Å². The molecule has 0 bridgehead atoms. The largest absolute Gasteiger partial charge is 0.490 e. The molecule has 0 aliphatic carbocycles. The summed E-state index contributed by atoms with van der Waals surface area (Å²) in [4.78, 5) is 4.14. The molecule has 2 aromatic rings. The van der Waals surface area contributed by atoms with Crippen LogP contribution >= 0.6 is 11.8 Å². The van der Waals surface area contributed by atoms with E-state index in [4.69, 9.17) is 10.5 Å². The van der Waals surface area contributed by atoms with Gasteiger partial charge in [-0.1, -0.05) is 24.8 Å². The zero-order valence-electron chi connectivity index (χ0n) is 12.5. The molecule has 0 saturated carbocycles. The maximum absolute atomic E-state index is 9.48. The molecule has 0 amide bonds. The third-order valence-electron chi connectivity index (χ3n) is 3.12. The third kappa shape index (κ3) is 3.28. The fraction of sp³-hybridized carbons (Fsp3) is 0.118. The zero-order chi connectivity index (χ0) is 16.8. The minimum absolute atomic E-state index is 0.123. The Bertz CT molecular complexity index is 816. The number of aromatic nitrogens is 1. The van der Waals surface area contributed by atoms with E-state index in [9.17, 15) is 10.5 Å². The van der Waals surface area contributed by atoms with Crippen molar-refractivity contribution < 1.29 is 4.74 Å². The minimum atomic E-state index is 0.123. The smallest absolute Gasteiger partial charge is 0.143 e. The van der Waals surface area contributed by atoms with Crippen LogP contribution < -0.4 is 10.5 Å². The van der Waals surface area contributed by atoms with Crippen molar-refractivity contribution in [2.45, 2.75) is 5.03 Å². The first kappa shape index (κ1) is 16.4. The van der Waals surface area contributed by atoms with Crippen molar-refractivity contribution in [1.29, 1.82) is 10.5 Å². The maximum atomic E-state index is 9.48. The lowest BCUT2D eigenvalue weighted by molar-refractivity contribution is 0.363. The van der Waals surface area contributed by atoms with E-state index in [0.29, 0.717) is 34.1 Å². The molecule has 2 rings (SSSR count). The number of nitriles is 2. The highest BCUT2D eigenvalue weighted by molar-refractivity contribution is 7.98. The molecule has 0 radical (unpaired) electrons. The topological polar surface area (TPSA) is 95.7 Å². The molecule has 0 saturated heterocycles. The van der Waals surface area contributed by atoms with Gasteiger partial charge in [-0.2, -0.15) is 10.5 Å². The molecule has 0 aliphatic heterocycles. The fourth-order valence-electron chi connectivity index (χ4n) is 2.11. The van der Waals surface area contributed by atoms with Gasteiger partial charge in [0, 0.05) is 5.56 Å². The summed E-state index contributed by atoms with van der Waals surface area (Å²) in [6.07, 6.45) is 3.47. The third-order valence-corrected chi connectivity index (χ3v) is 3.80. The highest BCUT2D eigenvalue weighted by Crippen LogP contribution is 2.35. The van der Waals surface area contributed by atoms with E-state index in [1.165, 1.54) is 11.8 Å². The van der Waals surface area contributed by atoms with Crippen LogP contribution in [0.15, 0.2) is 41.9 Å². The molecule has 1 heterocycles. The van der Waals surface area contributed by atoms with E-state index in [0.717, 1.165) is 0 Å². The number of hydrogen-bond acceptors (Lipinski definition) is 6. The SMILES string of the molecule is C=CCOc1ccc(-c2c(C#N)c(N)nc(SC)c2C#N)cc1. The van der Waals surface area contributed by atoms with E-state index in [1.54, 1.807) is 30.3 Å². The number of nitrogens with two attached hydrogens (primary N) is 1. The van der Waals surface area contributed by atoms with Crippen molar-refractivity contribution in [3.8, 4) is 29.0 Å². The molecule has 0 atom stereocenters. The van der Waals surface area contributed by atoms with E-state index in [1.807, 2.05) is 12.3 Å². The summed E-state index contributed by atoms with van der Waals surface area (Å²) in [5.74, 6) is 0.801. The maximum Gasteiger partial charge on any atom is 0.143 e. The fourth-order valence-corrected chi connectivity index (χ4v) is 2.65. The summed E-state index contributed by atoms with van der Waals surface area (Å²) in [5.41, 5.74) is 7.65. The lowest BCUT2D eigenvalue weighted by Crippen LogP contribution is -2.03. The standard InChI is InChI=1S/C17H14N4OS/c1-3-8-22-12-6-4-11(5-7-12)15-13(9-18)16(20)21-17(23-2)14(15)10-19/h3-7H,1,8H2,2H3,(H2,20,21). The summed E-state index contributed by atoms with van der Waals surface area (Å²) >= 11 is 1.32. The number of hydrogen-bond donors (Lipinski definition) is 1. The van der Waals surface area contributed by atoms with E-state index in [-0.39, 0.29) is 11.4 Å². The van der Waals surface area contributed by atoms with Gasteiger partial charge in [0.1, 0.15) is 40.9 Å². The summed E-state index contributed by atoms with van der Waals surface area (Å²) < 4.78 is 5.44. The van der Waals surface area contributed by atoms with Gasteiger partial charge in [0.25, 0.3) is 0 Å². The molecular formula is C17H14N4OS. The number of ether oxygens (including phenoxy) is 1. The van der Waals surface area contributed by atoms with Crippen molar-refractivity contribution in [3.05, 3.63) is 48.0 Å². The van der Waals surface area contributed by atoms with Crippen molar-refractivity contribution in [3.63, 3.8) is 0 Å². The first-order chi connectivity index (χ1) is 11.2. The number of rotatable bonds is 5. The predicted octanol–water partition coefficient (Wildman–Crippen LogP) is 3.36. The summed E-state index contributed by atoms with van der Waals surface area (Å²) in [6.45, 7) is 4.00. The van der Waals surface area contributed by atoms with Crippen LogP contribution in [-0.2, 0) is 0 Å². The lowest BCUT2D eigenvalue weighted by Gasteiger charge is -2.12. The predicted molar refractivity (Wildman–Crippen MR) is 91.0 cm³/mol. The molecule has 114 valence electrons. The Morgan fingerprint density at radius 1 is 1.26 bits per heavy atom. The van der Waals surface area contributed by atoms with Crippen LogP contribution in [0.5, 0.6) is 5.75 Å². The molecule has 6 heteroatoms. The van der Waals surface area contributed by atoms with Gasteiger partial charge < -0.3 is 10.5 Å². The molecule has 23 heavy (non-hydrogen) atoms. The number of benzene rings is 1. The van der Waals surface area contributed by atoms with Crippen LogP contribution in [0, 0.1) is 22.7 Å². The van der Waals surface area contributed by atoms with Crippen LogP contribution in [-0.4, -0.2) is 17.8 Å². The number of thioether (sulfide) groups is 1. The molecular weight excluding hydrogens is 308 g/mol. The number of nitrogen functional groups attached to an aromatic ring is 1. The monoisotopic (exact) mass is 322 g/mol. The highest BCUT2D eigenvalue weighted by Gasteiger charge is 2.19. The first-order valence-corrected chi connectivity index (χ1v) is 7.90. The van der Waals surface area contributed by atoms with Gasteiger partial charge in [0.05, 0.1) is 5.56 Å². The van der Waals surface area contributed by atoms with E-state index < -0.39 is 0 Å². The molecule has 5 nitrogen and oxygen atoms in total. The summed E-state index contributed by atoms with van der Waals surface area (Å²) in [5, 5.41) is 19.4. The van der Waals surface area contributed by atoms with Crippen LogP contribution in [0.1, 0.15) is 11.1 Å². The average Bonchev–Trinajstić information content (AvgIpc) is 2.59. The van der Waals surface area contributed by atoms with Gasteiger partial charge in [-0.25, -0.2) is 4.98 Å². The summed E-state index contributed by atoms with van der Waals surface area (Å²) in [6, 6.07) is 11.3. The highest BCUT2D eigenvalue weighted by atomic mass is 32.2. The second kappa shape index (κ2) is 7.35. The second-order valence-electron chi connectivity index (χ2n) is 4.48. The molecule has 1 aromatic heterocycles. The Morgan fingerprint density at radius 3 is 2.43 bits per heavy atom. The van der Waals surface area contributed by atoms with Crippen molar-refractivity contribution in [2.75, 3.05) is 18.6 Å². The van der Waals surface area contributed by atoms with Gasteiger partial charge in [0.2, 0.25) is 0 Å². The number of nitrogens with zero attached hydrogens (tertiary/aromatic N) is 3. The Kier molecular flexibility index (Phi) is 5.24. The zero-order valence-corrected chi connectivity index (χ0v) is 13.4. The lowest BCUT2D eigenvalue weighted by atomic mass is 9.97. The van der Waals surface area contributed by atoms with E-state index >= 15 is 0 Å². The van der Waals surface area contributed by atoms with Crippen molar-refractivity contribution in [2.24, 2.45) is 0 Å². The first-order valence-electron chi connectivity index (χ1n) is 6.68. The number of pyridine rings is 1. The van der Waals surface area contributed by atoms with E-state index in [2.05, 4.69) is 17.6 Å².